The number of hydrogen-bond donors (Lipinski definition) is 1. The number of likely N-dealkylation sites (tertiary alicyclic amines) is 2. The summed E-state index contributed by atoms with van der Waals surface area (Å²) in [6, 6.07) is 7.23. The zero-order valence-corrected chi connectivity index (χ0v) is 18.3. The molecule has 2 aliphatic rings. The molecule has 0 aliphatic carbocycles. The second-order valence-electron chi connectivity index (χ2n) is 8.73. The van der Waals surface area contributed by atoms with Crippen LogP contribution >= 0.6 is 0 Å². The third-order valence-corrected chi connectivity index (χ3v) is 6.76. The summed E-state index contributed by atoms with van der Waals surface area (Å²) in [6.45, 7) is 2.67. The van der Waals surface area contributed by atoms with Gasteiger partial charge in [0.25, 0.3) is 5.91 Å². The quantitative estimate of drug-likeness (QED) is 0.504. The largest absolute Gasteiger partial charge is 0.346 e. The first-order valence-electron chi connectivity index (χ1n) is 11.2. The monoisotopic (exact) mass is 462 g/mol. The zero-order valence-electron chi connectivity index (χ0n) is 18.3. The first-order valence-corrected chi connectivity index (χ1v) is 11.2. The molecule has 10 heteroatoms. The summed E-state index contributed by atoms with van der Waals surface area (Å²) in [5, 5.41) is 5.49. The van der Waals surface area contributed by atoms with E-state index in [0.29, 0.717) is 19.1 Å². The number of aromatic amines is 1. The van der Waals surface area contributed by atoms with Gasteiger partial charge in [-0.05, 0) is 31.0 Å². The summed E-state index contributed by atoms with van der Waals surface area (Å²) in [7, 11) is 0. The van der Waals surface area contributed by atoms with Gasteiger partial charge in [-0.2, -0.15) is 5.10 Å². The Morgan fingerprint density at radius 2 is 1.91 bits per heavy atom. The van der Waals surface area contributed by atoms with Crippen LogP contribution in [0.25, 0.3) is 22.3 Å². The Hall–Kier alpha value is -3.66. The lowest BCUT2D eigenvalue weighted by Gasteiger charge is -2.46. The van der Waals surface area contributed by atoms with Crippen molar-refractivity contribution >= 4 is 16.9 Å². The van der Waals surface area contributed by atoms with Gasteiger partial charge in [0.15, 0.2) is 11.6 Å². The molecule has 8 nitrogen and oxygen atoms in total. The van der Waals surface area contributed by atoms with Crippen LogP contribution in [0, 0.1) is 17.7 Å². The fourth-order valence-corrected chi connectivity index (χ4v) is 4.82. The van der Waals surface area contributed by atoms with Crippen molar-refractivity contribution in [3.63, 3.8) is 0 Å². The smallest absolute Gasteiger partial charge is 0.256 e. The van der Waals surface area contributed by atoms with E-state index in [1.807, 2.05) is 29.3 Å². The van der Waals surface area contributed by atoms with Crippen LogP contribution in [-0.2, 0) is 0 Å². The maximum absolute atomic E-state index is 14.0. The van der Waals surface area contributed by atoms with Gasteiger partial charge >= 0.3 is 0 Å². The van der Waals surface area contributed by atoms with Crippen molar-refractivity contribution in [1.29, 1.82) is 0 Å². The van der Waals surface area contributed by atoms with Gasteiger partial charge in [0, 0.05) is 55.6 Å². The lowest BCUT2D eigenvalue weighted by atomic mass is 9.97. The predicted molar refractivity (Wildman–Crippen MR) is 121 cm³/mol. The van der Waals surface area contributed by atoms with E-state index in [2.05, 4.69) is 25.0 Å². The van der Waals surface area contributed by atoms with Crippen LogP contribution < -0.4 is 0 Å². The number of hydrogen-bond acceptors (Lipinski definition) is 5. The van der Waals surface area contributed by atoms with E-state index in [-0.39, 0.29) is 5.56 Å². The third kappa shape index (κ3) is 3.54. The number of benzene rings is 1. The number of carbonyl (C=O) groups is 1. The molecule has 2 aliphatic heterocycles. The molecule has 0 bridgehead atoms. The standard InChI is InChI=1S/C24H22F2N7O/c25-20-3-1-2-18(21(20)26)24(34)31-8-5-16(6-9-31)32-12-17(13-32)33-11-15(10-30-33)22-19-4-7-27-23(19)29-14-28-22/h1-4,7,10-11,14,16H,5-6,8-9,12-13H2,(H,27,28,29). The van der Waals surface area contributed by atoms with Gasteiger partial charge in [0.2, 0.25) is 0 Å². The number of nitrogens with zero attached hydrogens (tertiary/aromatic N) is 6. The molecule has 2 saturated heterocycles. The summed E-state index contributed by atoms with van der Waals surface area (Å²) in [4.78, 5) is 28.4. The van der Waals surface area contributed by atoms with Crippen LogP contribution in [0.4, 0.5) is 8.78 Å². The van der Waals surface area contributed by atoms with Crippen molar-refractivity contribution in [2.45, 2.75) is 18.9 Å². The van der Waals surface area contributed by atoms with Crippen LogP contribution in [0.1, 0.15) is 23.2 Å². The molecule has 2 fully saturated rings. The number of piperidine rings is 1. The van der Waals surface area contributed by atoms with E-state index < -0.39 is 17.5 Å². The van der Waals surface area contributed by atoms with E-state index in [4.69, 9.17) is 0 Å². The number of halogens is 2. The summed E-state index contributed by atoms with van der Waals surface area (Å²) in [6.07, 6.45) is 8.80. The lowest BCUT2D eigenvalue weighted by molar-refractivity contribution is 0.0511. The topological polar surface area (TPSA) is 82.9 Å². The van der Waals surface area contributed by atoms with Crippen molar-refractivity contribution in [3.05, 3.63) is 72.4 Å². The SMILES string of the molecule is O=C(c1cccc(F)c1F)N1CCC(N2C[C](n3cc(-c4ncnc5[nH]ccc45)cn3)C2)CC1. The highest BCUT2D eigenvalue weighted by atomic mass is 19.2. The van der Waals surface area contributed by atoms with Crippen LogP contribution in [0.2, 0.25) is 0 Å². The fraction of sp³-hybridized carbons (Fsp3) is 0.292. The Bertz CT molecular complexity index is 1350. The van der Waals surface area contributed by atoms with Crippen molar-refractivity contribution in [1.82, 2.24) is 34.5 Å². The zero-order chi connectivity index (χ0) is 23.2. The lowest BCUT2D eigenvalue weighted by Crippen LogP contribution is -2.56. The van der Waals surface area contributed by atoms with Gasteiger partial charge in [-0.3, -0.25) is 14.4 Å². The normalized spacial score (nSPS) is 17.9. The summed E-state index contributed by atoms with van der Waals surface area (Å²) < 4.78 is 29.4. The second kappa shape index (κ2) is 8.28. The third-order valence-electron chi connectivity index (χ3n) is 6.76. The second-order valence-corrected chi connectivity index (χ2v) is 8.73. The first kappa shape index (κ1) is 20.9. The molecule has 173 valence electrons. The molecular weight excluding hydrogens is 440 g/mol. The molecule has 6 rings (SSSR count). The van der Waals surface area contributed by atoms with Crippen molar-refractivity contribution in [2.24, 2.45) is 0 Å². The summed E-state index contributed by atoms with van der Waals surface area (Å²) in [5.74, 6) is -2.52. The van der Waals surface area contributed by atoms with Gasteiger partial charge in [-0.15, -0.1) is 0 Å². The molecule has 0 unspecified atom stereocenters. The van der Waals surface area contributed by atoms with Gasteiger partial charge in [-0.1, -0.05) is 6.07 Å². The van der Waals surface area contributed by atoms with Crippen molar-refractivity contribution in [2.75, 3.05) is 26.2 Å². The number of carbonyl (C=O) groups excluding carboxylic acids is 1. The molecule has 1 N–H and O–H groups in total. The number of amides is 1. The maximum atomic E-state index is 14.0. The molecule has 3 aromatic heterocycles. The summed E-state index contributed by atoms with van der Waals surface area (Å²) >= 11 is 0. The number of rotatable bonds is 4. The van der Waals surface area contributed by atoms with Crippen molar-refractivity contribution < 1.29 is 13.6 Å². The molecule has 1 radical (unpaired) electrons. The number of H-pyrrole nitrogens is 1. The van der Waals surface area contributed by atoms with E-state index in [0.717, 1.165) is 54.3 Å². The van der Waals surface area contributed by atoms with Crippen LogP contribution in [0.5, 0.6) is 0 Å². The fourth-order valence-electron chi connectivity index (χ4n) is 4.82. The van der Waals surface area contributed by atoms with E-state index >= 15 is 0 Å². The van der Waals surface area contributed by atoms with Gasteiger partial charge in [0.05, 0.1) is 17.5 Å². The van der Waals surface area contributed by atoms with Gasteiger partial charge in [0.1, 0.15) is 18.0 Å². The van der Waals surface area contributed by atoms with Gasteiger partial charge < -0.3 is 9.88 Å². The average Bonchev–Trinajstić information content (AvgIpc) is 3.50. The Balaban J connectivity index is 1.05. The van der Waals surface area contributed by atoms with E-state index in [1.54, 1.807) is 11.2 Å². The molecule has 5 heterocycles. The van der Waals surface area contributed by atoms with Crippen molar-refractivity contribution in [3.8, 4) is 11.3 Å². The molecule has 1 amide bonds. The minimum atomic E-state index is -1.07. The van der Waals surface area contributed by atoms with E-state index in [9.17, 15) is 13.6 Å². The molecular formula is C24H22F2N7O. The highest BCUT2D eigenvalue weighted by molar-refractivity contribution is 5.94. The highest BCUT2D eigenvalue weighted by Crippen LogP contribution is 2.30. The van der Waals surface area contributed by atoms with Gasteiger partial charge in [-0.25, -0.2) is 18.7 Å². The van der Waals surface area contributed by atoms with E-state index in [1.165, 1.54) is 18.2 Å². The summed E-state index contributed by atoms with van der Waals surface area (Å²) in [5.41, 5.74) is 2.38. The molecule has 1 aromatic carbocycles. The highest BCUT2D eigenvalue weighted by Gasteiger charge is 2.37. The maximum Gasteiger partial charge on any atom is 0.256 e. The number of aromatic nitrogens is 5. The Labute approximate surface area is 194 Å². The molecule has 0 atom stereocenters. The Kier molecular flexibility index (Phi) is 5.09. The average molecular weight is 462 g/mol. The predicted octanol–water partition coefficient (Wildman–Crippen LogP) is 3.10. The number of nitrogens with one attached hydrogen (secondary N) is 1. The van der Waals surface area contributed by atoms with Crippen LogP contribution in [0.15, 0.2) is 49.2 Å². The number of fused-ring (bicyclic) bond motifs is 1. The minimum absolute atomic E-state index is 0.201. The molecule has 0 saturated carbocycles. The molecule has 34 heavy (non-hydrogen) atoms. The Morgan fingerprint density at radius 1 is 1.09 bits per heavy atom. The van der Waals surface area contributed by atoms with Crippen LogP contribution in [0.3, 0.4) is 0 Å². The molecule has 4 aromatic rings. The minimum Gasteiger partial charge on any atom is -0.346 e. The molecule has 0 spiro atoms. The Morgan fingerprint density at radius 3 is 2.74 bits per heavy atom. The first-order chi connectivity index (χ1) is 16.6. The van der Waals surface area contributed by atoms with Crippen LogP contribution in [-0.4, -0.2) is 72.7 Å².